The number of rotatable bonds is 13. The summed E-state index contributed by atoms with van der Waals surface area (Å²) in [5, 5.41) is 0. The van der Waals surface area contributed by atoms with E-state index < -0.39 is 23.1 Å². The van der Waals surface area contributed by atoms with Crippen LogP contribution in [-0.2, 0) is 0 Å². The Labute approximate surface area is 254 Å². The summed E-state index contributed by atoms with van der Waals surface area (Å²) in [4.78, 5) is 52.9. The standard InChI is InChI=1S/C34H30O10/c1-39-21-11-7-9-19(13-21)31(35)33(37)25-17-27(41-3)23(15-29(25)43-5)24-16-30(44-6)26(18-28(24)42-4)34(38)32(36)20-10-8-12-22(14-20)40-2/h7-18H,1-6H3. The quantitative estimate of drug-likeness (QED) is 0.143. The van der Waals surface area contributed by atoms with Gasteiger partial charge in [0.1, 0.15) is 34.5 Å². The summed E-state index contributed by atoms with van der Waals surface area (Å²) in [6.07, 6.45) is 0. The largest absolute Gasteiger partial charge is 0.497 e. The number of methoxy groups -OCH3 is 6. The van der Waals surface area contributed by atoms with Crippen molar-refractivity contribution in [3.8, 4) is 45.6 Å². The normalized spacial score (nSPS) is 10.4. The van der Waals surface area contributed by atoms with Crippen molar-refractivity contribution in [2.45, 2.75) is 0 Å². The highest BCUT2D eigenvalue weighted by atomic mass is 16.5. The van der Waals surface area contributed by atoms with E-state index >= 15 is 0 Å². The summed E-state index contributed by atoms with van der Waals surface area (Å²) in [5.41, 5.74) is 1.06. The van der Waals surface area contributed by atoms with Crippen molar-refractivity contribution in [3.05, 3.63) is 95.1 Å². The molecule has 44 heavy (non-hydrogen) atoms. The van der Waals surface area contributed by atoms with Gasteiger partial charge in [-0.2, -0.15) is 0 Å². The first kappa shape index (κ1) is 31.3. The van der Waals surface area contributed by atoms with E-state index in [2.05, 4.69) is 0 Å². The molecule has 0 aliphatic heterocycles. The lowest BCUT2D eigenvalue weighted by Crippen LogP contribution is -2.16. The number of carbonyl (C=O) groups excluding carboxylic acids is 4. The van der Waals surface area contributed by atoms with Gasteiger partial charge >= 0.3 is 0 Å². The molecule has 0 aromatic heterocycles. The SMILES string of the molecule is COc1cccc(C(=O)C(=O)c2cc(OC)c(-c3cc(OC)c(C(=O)C(=O)c4cccc(OC)c4)cc3OC)cc2OC)c1. The molecule has 0 saturated carbocycles. The van der Waals surface area contributed by atoms with Crippen LogP contribution in [0, 0.1) is 0 Å². The molecule has 0 unspecified atom stereocenters. The first-order valence-electron chi connectivity index (χ1n) is 13.2. The summed E-state index contributed by atoms with van der Waals surface area (Å²) in [5.74, 6) is -1.71. The molecular weight excluding hydrogens is 568 g/mol. The van der Waals surface area contributed by atoms with Crippen molar-refractivity contribution in [2.24, 2.45) is 0 Å². The second kappa shape index (κ2) is 13.6. The minimum absolute atomic E-state index is 0.0254. The van der Waals surface area contributed by atoms with Crippen molar-refractivity contribution in [1.29, 1.82) is 0 Å². The van der Waals surface area contributed by atoms with E-state index in [0.717, 1.165) is 0 Å². The van der Waals surface area contributed by atoms with E-state index in [0.29, 0.717) is 22.6 Å². The molecule has 4 rings (SSSR count). The summed E-state index contributed by atoms with van der Waals surface area (Å²) < 4.78 is 32.6. The Balaban J connectivity index is 1.79. The Morgan fingerprint density at radius 3 is 1.09 bits per heavy atom. The molecule has 0 saturated heterocycles. The monoisotopic (exact) mass is 598 g/mol. The van der Waals surface area contributed by atoms with E-state index in [1.807, 2.05) is 0 Å². The van der Waals surface area contributed by atoms with Crippen molar-refractivity contribution >= 4 is 23.1 Å². The Morgan fingerprint density at radius 2 is 0.773 bits per heavy atom. The highest BCUT2D eigenvalue weighted by molar-refractivity contribution is 6.50. The number of carbonyl (C=O) groups is 4. The molecule has 0 N–H and O–H groups in total. The van der Waals surface area contributed by atoms with Crippen molar-refractivity contribution in [3.63, 3.8) is 0 Å². The molecule has 0 radical (unpaired) electrons. The van der Waals surface area contributed by atoms with Crippen LogP contribution in [0.3, 0.4) is 0 Å². The zero-order valence-corrected chi connectivity index (χ0v) is 25.0. The second-order valence-corrected chi connectivity index (χ2v) is 9.29. The lowest BCUT2D eigenvalue weighted by atomic mass is 9.93. The smallest absolute Gasteiger partial charge is 0.237 e. The van der Waals surface area contributed by atoms with Crippen molar-refractivity contribution in [2.75, 3.05) is 42.7 Å². The Kier molecular flexibility index (Phi) is 9.64. The molecule has 226 valence electrons. The van der Waals surface area contributed by atoms with Crippen LogP contribution in [0.15, 0.2) is 72.8 Å². The van der Waals surface area contributed by atoms with Crippen LogP contribution < -0.4 is 28.4 Å². The molecule has 4 aromatic carbocycles. The second-order valence-electron chi connectivity index (χ2n) is 9.29. The Hall–Kier alpha value is -5.64. The fourth-order valence-corrected chi connectivity index (χ4v) is 4.61. The molecule has 0 spiro atoms. The van der Waals surface area contributed by atoms with Gasteiger partial charge in [0.2, 0.25) is 23.1 Å². The average molecular weight is 599 g/mol. The predicted octanol–water partition coefficient (Wildman–Crippen LogP) is 5.54. The average Bonchev–Trinajstić information content (AvgIpc) is 3.08. The molecule has 10 heteroatoms. The van der Waals surface area contributed by atoms with Gasteiger partial charge in [-0.15, -0.1) is 0 Å². The molecule has 0 aliphatic rings. The number of Topliss-reactive ketones (excluding diaryl/α,β-unsaturated/α-hetero) is 4. The van der Waals surface area contributed by atoms with Gasteiger partial charge in [-0.3, -0.25) is 19.2 Å². The molecule has 4 aromatic rings. The molecular formula is C34H30O10. The highest BCUT2D eigenvalue weighted by Gasteiger charge is 2.28. The van der Waals surface area contributed by atoms with Gasteiger partial charge in [-0.25, -0.2) is 0 Å². The number of benzene rings is 4. The lowest BCUT2D eigenvalue weighted by Gasteiger charge is -2.18. The Morgan fingerprint density at radius 1 is 0.409 bits per heavy atom. The molecule has 0 fully saturated rings. The summed E-state index contributed by atoms with van der Waals surface area (Å²) in [6, 6.07) is 18.3. The maximum absolute atomic E-state index is 13.4. The molecule has 0 heterocycles. The van der Waals surface area contributed by atoms with E-state index in [-0.39, 0.29) is 45.3 Å². The fourth-order valence-electron chi connectivity index (χ4n) is 4.61. The lowest BCUT2D eigenvalue weighted by molar-refractivity contribution is 0.0814. The molecule has 0 aliphatic carbocycles. The van der Waals surface area contributed by atoms with Crippen molar-refractivity contribution in [1.82, 2.24) is 0 Å². The van der Waals surface area contributed by atoms with Crippen LogP contribution in [0.2, 0.25) is 0 Å². The first-order chi connectivity index (χ1) is 21.2. The Bertz CT molecular complexity index is 1630. The van der Waals surface area contributed by atoms with Gasteiger partial charge in [-0.05, 0) is 48.5 Å². The van der Waals surface area contributed by atoms with Crippen LogP contribution in [0.5, 0.6) is 34.5 Å². The first-order valence-corrected chi connectivity index (χ1v) is 13.2. The van der Waals surface area contributed by atoms with Crippen LogP contribution in [0.1, 0.15) is 41.4 Å². The van der Waals surface area contributed by atoms with Crippen LogP contribution in [-0.4, -0.2) is 65.8 Å². The van der Waals surface area contributed by atoms with Crippen LogP contribution >= 0.6 is 0 Å². The fraction of sp³-hybridized carbons (Fsp3) is 0.176. The summed E-state index contributed by atoms with van der Waals surface area (Å²) in [7, 11) is 8.45. The predicted molar refractivity (Wildman–Crippen MR) is 161 cm³/mol. The molecule has 0 amide bonds. The highest BCUT2D eigenvalue weighted by Crippen LogP contribution is 2.43. The minimum Gasteiger partial charge on any atom is -0.497 e. The number of hydrogen-bond donors (Lipinski definition) is 0. The van der Waals surface area contributed by atoms with E-state index in [9.17, 15) is 19.2 Å². The number of hydrogen-bond acceptors (Lipinski definition) is 10. The van der Waals surface area contributed by atoms with Gasteiger partial charge in [0.05, 0.1) is 53.8 Å². The molecule has 0 bridgehead atoms. The zero-order valence-electron chi connectivity index (χ0n) is 25.0. The van der Waals surface area contributed by atoms with Gasteiger partial charge in [-0.1, -0.05) is 24.3 Å². The summed E-state index contributed by atoms with van der Waals surface area (Å²) >= 11 is 0. The number of ether oxygens (including phenoxy) is 6. The maximum atomic E-state index is 13.4. The maximum Gasteiger partial charge on any atom is 0.237 e. The minimum atomic E-state index is -0.818. The third kappa shape index (κ3) is 6.10. The van der Waals surface area contributed by atoms with Crippen LogP contribution in [0.25, 0.3) is 11.1 Å². The topological polar surface area (TPSA) is 124 Å². The van der Waals surface area contributed by atoms with Gasteiger partial charge in [0.15, 0.2) is 0 Å². The third-order valence-electron chi connectivity index (χ3n) is 6.90. The van der Waals surface area contributed by atoms with E-state index in [1.165, 1.54) is 91.2 Å². The van der Waals surface area contributed by atoms with Gasteiger partial charge in [0, 0.05) is 22.3 Å². The number of ketones is 4. The third-order valence-corrected chi connectivity index (χ3v) is 6.90. The summed E-state index contributed by atoms with van der Waals surface area (Å²) in [6.45, 7) is 0. The molecule has 10 nitrogen and oxygen atoms in total. The molecule has 0 atom stereocenters. The van der Waals surface area contributed by atoms with E-state index in [4.69, 9.17) is 28.4 Å². The van der Waals surface area contributed by atoms with Crippen molar-refractivity contribution < 1.29 is 47.6 Å². The van der Waals surface area contributed by atoms with E-state index in [1.54, 1.807) is 24.3 Å². The zero-order chi connectivity index (χ0) is 32.0. The van der Waals surface area contributed by atoms with Crippen LogP contribution in [0.4, 0.5) is 0 Å². The van der Waals surface area contributed by atoms with Gasteiger partial charge in [0.25, 0.3) is 0 Å². The van der Waals surface area contributed by atoms with Gasteiger partial charge < -0.3 is 28.4 Å².